The molecular weight excluding hydrogens is 274 g/mol. The molecule has 21 heavy (non-hydrogen) atoms. The molecule has 0 saturated carbocycles. The minimum absolute atomic E-state index is 0.0204. The minimum Gasteiger partial charge on any atom is -0.438 e. The van der Waals surface area contributed by atoms with Crippen molar-refractivity contribution in [2.24, 2.45) is 0 Å². The number of carbonyl (C=O) groups is 2. The molecule has 7 nitrogen and oxygen atoms in total. The summed E-state index contributed by atoms with van der Waals surface area (Å²) in [5, 5.41) is 2.75. The van der Waals surface area contributed by atoms with Crippen LogP contribution in [-0.4, -0.2) is 54.0 Å². The van der Waals surface area contributed by atoms with E-state index in [2.05, 4.69) is 10.3 Å². The summed E-state index contributed by atoms with van der Waals surface area (Å²) in [6.45, 7) is 5.49. The molecule has 1 aromatic heterocycles. The highest BCUT2D eigenvalue weighted by Crippen LogP contribution is 2.14. The molecule has 2 heterocycles. The summed E-state index contributed by atoms with van der Waals surface area (Å²) in [6, 6.07) is 0.195. The number of ether oxygens (including phenoxy) is 1. The predicted octanol–water partition coefficient (Wildman–Crippen LogP) is 0.740. The standard InChI is InChI=1S/C14H21N3O4/c1-10-13(21-9-16-10)14(19)15-5-6-17(11(2)18)12-3-7-20-8-4-12/h9,12H,3-8H2,1-2H3,(H,15,19). The van der Waals surface area contributed by atoms with Crippen molar-refractivity contribution in [2.45, 2.75) is 32.7 Å². The Hall–Kier alpha value is -1.89. The van der Waals surface area contributed by atoms with Gasteiger partial charge in [-0.2, -0.15) is 0 Å². The van der Waals surface area contributed by atoms with Gasteiger partial charge in [0, 0.05) is 39.3 Å². The molecule has 7 heteroatoms. The van der Waals surface area contributed by atoms with Crippen molar-refractivity contribution in [3.05, 3.63) is 17.8 Å². The van der Waals surface area contributed by atoms with E-state index in [-0.39, 0.29) is 23.6 Å². The van der Waals surface area contributed by atoms with Gasteiger partial charge in [-0.05, 0) is 19.8 Å². The number of nitrogens with zero attached hydrogens (tertiary/aromatic N) is 2. The van der Waals surface area contributed by atoms with Crippen molar-refractivity contribution >= 4 is 11.8 Å². The van der Waals surface area contributed by atoms with E-state index in [1.54, 1.807) is 18.7 Å². The third-order valence-corrected chi connectivity index (χ3v) is 3.63. The number of amides is 2. The van der Waals surface area contributed by atoms with Gasteiger partial charge in [-0.3, -0.25) is 9.59 Å². The van der Waals surface area contributed by atoms with Crippen LogP contribution >= 0.6 is 0 Å². The van der Waals surface area contributed by atoms with Gasteiger partial charge in [-0.15, -0.1) is 0 Å². The molecule has 1 aromatic rings. The molecule has 2 rings (SSSR count). The number of oxazole rings is 1. The summed E-state index contributed by atoms with van der Waals surface area (Å²) in [5.74, 6) is -0.0667. The lowest BCUT2D eigenvalue weighted by Gasteiger charge is -2.33. The summed E-state index contributed by atoms with van der Waals surface area (Å²) < 4.78 is 10.3. The maximum atomic E-state index is 11.9. The van der Waals surface area contributed by atoms with Crippen molar-refractivity contribution in [2.75, 3.05) is 26.3 Å². The maximum absolute atomic E-state index is 11.9. The summed E-state index contributed by atoms with van der Waals surface area (Å²) in [7, 11) is 0. The second-order valence-corrected chi connectivity index (χ2v) is 5.08. The fourth-order valence-corrected chi connectivity index (χ4v) is 2.48. The minimum atomic E-state index is -0.305. The summed E-state index contributed by atoms with van der Waals surface area (Å²) in [4.78, 5) is 29.3. The van der Waals surface area contributed by atoms with E-state index in [1.807, 2.05) is 0 Å². The van der Waals surface area contributed by atoms with Crippen molar-refractivity contribution in [3.63, 3.8) is 0 Å². The first kappa shape index (κ1) is 15.5. The van der Waals surface area contributed by atoms with Crippen LogP contribution in [0.15, 0.2) is 10.8 Å². The topological polar surface area (TPSA) is 84.7 Å². The summed E-state index contributed by atoms with van der Waals surface area (Å²) in [5.41, 5.74) is 0.556. The molecule has 1 saturated heterocycles. The van der Waals surface area contributed by atoms with E-state index in [4.69, 9.17) is 9.15 Å². The van der Waals surface area contributed by atoms with E-state index in [1.165, 1.54) is 6.39 Å². The molecule has 116 valence electrons. The SMILES string of the molecule is CC(=O)N(CCNC(=O)c1ocnc1C)C1CCOCC1. The van der Waals surface area contributed by atoms with Gasteiger partial charge in [0.05, 0.1) is 5.69 Å². The molecule has 2 amide bonds. The summed E-state index contributed by atoms with van der Waals surface area (Å²) in [6.07, 6.45) is 2.93. The molecule has 0 unspecified atom stereocenters. The first-order valence-electron chi connectivity index (χ1n) is 7.13. The monoisotopic (exact) mass is 295 g/mol. The fourth-order valence-electron chi connectivity index (χ4n) is 2.48. The number of aromatic nitrogens is 1. The van der Waals surface area contributed by atoms with Gasteiger partial charge in [0.25, 0.3) is 5.91 Å². The fraction of sp³-hybridized carbons (Fsp3) is 0.643. The highest BCUT2D eigenvalue weighted by Gasteiger charge is 2.23. The Labute approximate surface area is 123 Å². The highest BCUT2D eigenvalue weighted by atomic mass is 16.5. The largest absolute Gasteiger partial charge is 0.438 e. The second kappa shape index (κ2) is 7.21. The van der Waals surface area contributed by atoms with Gasteiger partial charge in [0.1, 0.15) is 0 Å². The van der Waals surface area contributed by atoms with Gasteiger partial charge in [-0.1, -0.05) is 0 Å². The average molecular weight is 295 g/mol. The van der Waals surface area contributed by atoms with Crippen molar-refractivity contribution in [1.29, 1.82) is 0 Å². The van der Waals surface area contributed by atoms with Crippen molar-refractivity contribution < 1.29 is 18.7 Å². The Morgan fingerprint density at radius 2 is 2.14 bits per heavy atom. The van der Waals surface area contributed by atoms with Gasteiger partial charge < -0.3 is 19.4 Å². The number of nitrogens with one attached hydrogen (secondary N) is 1. The lowest BCUT2D eigenvalue weighted by atomic mass is 10.1. The molecular formula is C14H21N3O4. The third kappa shape index (κ3) is 4.04. The van der Waals surface area contributed by atoms with Crippen LogP contribution in [-0.2, 0) is 9.53 Å². The van der Waals surface area contributed by atoms with Gasteiger partial charge in [0.15, 0.2) is 6.39 Å². The first-order chi connectivity index (χ1) is 10.1. The van der Waals surface area contributed by atoms with E-state index in [0.29, 0.717) is 32.0 Å². The Morgan fingerprint density at radius 1 is 1.43 bits per heavy atom. The average Bonchev–Trinajstić information content (AvgIpc) is 2.90. The van der Waals surface area contributed by atoms with E-state index < -0.39 is 0 Å². The molecule has 0 bridgehead atoms. The number of carbonyl (C=O) groups excluding carboxylic acids is 2. The molecule has 0 aliphatic carbocycles. The zero-order valence-electron chi connectivity index (χ0n) is 12.4. The smallest absolute Gasteiger partial charge is 0.289 e. The Bertz CT molecular complexity index is 494. The molecule has 1 aliphatic rings. The molecule has 0 aromatic carbocycles. The van der Waals surface area contributed by atoms with Crippen LogP contribution in [0.3, 0.4) is 0 Å². The molecule has 1 N–H and O–H groups in total. The van der Waals surface area contributed by atoms with Crippen molar-refractivity contribution in [1.82, 2.24) is 15.2 Å². The van der Waals surface area contributed by atoms with E-state index in [0.717, 1.165) is 12.8 Å². The normalized spacial score (nSPS) is 15.7. The number of hydrogen-bond acceptors (Lipinski definition) is 5. The Kier molecular flexibility index (Phi) is 5.32. The second-order valence-electron chi connectivity index (χ2n) is 5.08. The molecule has 1 fully saturated rings. The molecule has 1 aliphatic heterocycles. The van der Waals surface area contributed by atoms with Gasteiger partial charge in [0.2, 0.25) is 11.7 Å². The number of hydrogen-bond donors (Lipinski definition) is 1. The zero-order valence-corrected chi connectivity index (χ0v) is 12.4. The van der Waals surface area contributed by atoms with Crippen LogP contribution in [0.5, 0.6) is 0 Å². The lowest BCUT2D eigenvalue weighted by Crippen LogP contribution is -2.46. The van der Waals surface area contributed by atoms with Gasteiger partial charge in [-0.25, -0.2) is 4.98 Å². The van der Waals surface area contributed by atoms with Crippen molar-refractivity contribution in [3.8, 4) is 0 Å². The van der Waals surface area contributed by atoms with E-state index in [9.17, 15) is 9.59 Å². The quantitative estimate of drug-likeness (QED) is 0.866. The van der Waals surface area contributed by atoms with Crippen LogP contribution in [0.1, 0.15) is 36.0 Å². The predicted molar refractivity (Wildman–Crippen MR) is 74.8 cm³/mol. The van der Waals surface area contributed by atoms with Crippen LogP contribution in [0.25, 0.3) is 0 Å². The van der Waals surface area contributed by atoms with Crippen LogP contribution in [0, 0.1) is 6.92 Å². The third-order valence-electron chi connectivity index (χ3n) is 3.63. The maximum Gasteiger partial charge on any atom is 0.289 e. The Balaban J connectivity index is 1.83. The number of rotatable bonds is 5. The molecule has 0 spiro atoms. The molecule has 0 radical (unpaired) electrons. The van der Waals surface area contributed by atoms with E-state index >= 15 is 0 Å². The highest BCUT2D eigenvalue weighted by molar-refractivity contribution is 5.92. The zero-order chi connectivity index (χ0) is 15.2. The van der Waals surface area contributed by atoms with Crippen LogP contribution in [0.2, 0.25) is 0 Å². The molecule has 0 atom stereocenters. The Morgan fingerprint density at radius 3 is 2.71 bits per heavy atom. The van der Waals surface area contributed by atoms with Gasteiger partial charge >= 0.3 is 0 Å². The van der Waals surface area contributed by atoms with Crippen LogP contribution in [0.4, 0.5) is 0 Å². The lowest BCUT2D eigenvalue weighted by molar-refractivity contribution is -0.132. The number of aryl methyl sites for hydroxylation is 1. The van der Waals surface area contributed by atoms with Crippen LogP contribution < -0.4 is 5.32 Å². The summed E-state index contributed by atoms with van der Waals surface area (Å²) >= 11 is 0. The first-order valence-corrected chi connectivity index (χ1v) is 7.13.